The van der Waals surface area contributed by atoms with Gasteiger partial charge in [-0.3, -0.25) is 4.99 Å². The fraction of sp³-hybridized carbons (Fsp3) is 0.571. The van der Waals surface area contributed by atoms with Gasteiger partial charge in [0, 0.05) is 24.2 Å². The highest BCUT2D eigenvalue weighted by atomic mass is 16.6. The Morgan fingerprint density at radius 2 is 1.70 bits per heavy atom. The van der Waals surface area contributed by atoms with Gasteiger partial charge in [-0.2, -0.15) is 0 Å². The van der Waals surface area contributed by atoms with Crippen LogP contribution >= 0.6 is 0 Å². The standard InChI is InChI=1S/C27H33N3O2.CH4/c1-26(2,3)32-25(31)22-4-5-23(24(9-22)30-16-21-14-28-17-29-15-21)13-27-10-18-6-19(11-27)8-20(7-18)12-27;/h4-5,9,14-20H,6-8,10-13H2,1-3H3;1H4. The summed E-state index contributed by atoms with van der Waals surface area (Å²) in [4.78, 5) is 25.7. The second-order valence-corrected chi connectivity index (χ2v) is 11.4. The first-order valence-corrected chi connectivity index (χ1v) is 11.9. The van der Waals surface area contributed by atoms with Crippen LogP contribution in [0.2, 0.25) is 0 Å². The van der Waals surface area contributed by atoms with E-state index >= 15 is 0 Å². The molecule has 1 aromatic carbocycles. The zero-order valence-electron chi connectivity index (χ0n) is 19.4. The Labute approximate surface area is 198 Å². The molecule has 4 fully saturated rings. The SMILES string of the molecule is C.CC(C)(C)OC(=O)c1ccc(CC23CC4CC(CC(C4)C2)C3)c(N=Cc2cncnc2)c1. The van der Waals surface area contributed by atoms with Gasteiger partial charge >= 0.3 is 5.97 Å². The third kappa shape index (κ3) is 5.34. The molecule has 4 saturated carbocycles. The quantitative estimate of drug-likeness (QED) is 0.384. The fourth-order valence-corrected chi connectivity index (χ4v) is 6.73. The first-order chi connectivity index (χ1) is 15.3. The van der Waals surface area contributed by atoms with Crippen LogP contribution in [0.15, 0.2) is 41.9 Å². The molecule has 0 aliphatic heterocycles. The molecule has 0 N–H and O–H groups in total. The van der Waals surface area contributed by atoms with Crippen molar-refractivity contribution in [3.8, 4) is 0 Å². The maximum absolute atomic E-state index is 12.7. The van der Waals surface area contributed by atoms with Gasteiger partial charge in [0.15, 0.2) is 0 Å². The van der Waals surface area contributed by atoms with Gasteiger partial charge in [0.25, 0.3) is 0 Å². The molecule has 0 unspecified atom stereocenters. The Balaban J connectivity index is 0.00000259. The summed E-state index contributed by atoms with van der Waals surface area (Å²) < 4.78 is 5.60. The van der Waals surface area contributed by atoms with Gasteiger partial charge in [0.05, 0.1) is 11.3 Å². The molecular formula is C28H37N3O2. The van der Waals surface area contributed by atoms with Gasteiger partial charge < -0.3 is 4.74 Å². The molecule has 0 saturated heterocycles. The van der Waals surface area contributed by atoms with E-state index in [1.165, 1.54) is 50.4 Å². The molecule has 0 atom stereocenters. The van der Waals surface area contributed by atoms with Gasteiger partial charge in [-0.05, 0) is 107 Å². The van der Waals surface area contributed by atoms with E-state index in [4.69, 9.17) is 9.73 Å². The number of ether oxygens (including phenoxy) is 1. The lowest BCUT2D eigenvalue weighted by atomic mass is 9.48. The van der Waals surface area contributed by atoms with Crippen LogP contribution < -0.4 is 0 Å². The Hall–Kier alpha value is -2.56. The van der Waals surface area contributed by atoms with Gasteiger partial charge in [0.1, 0.15) is 11.9 Å². The molecule has 1 aromatic heterocycles. The highest BCUT2D eigenvalue weighted by molar-refractivity contribution is 5.91. The van der Waals surface area contributed by atoms with Crippen molar-refractivity contribution in [3.63, 3.8) is 0 Å². The number of hydrogen-bond donors (Lipinski definition) is 0. The van der Waals surface area contributed by atoms with E-state index in [9.17, 15) is 4.79 Å². The van der Waals surface area contributed by atoms with E-state index in [0.29, 0.717) is 11.0 Å². The van der Waals surface area contributed by atoms with Crippen molar-refractivity contribution in [2.45, 2.75) is 78.7 Å². The predicted octanol–water partition coefficient (Wildman–Crippen LogP) is 6.58. The molecule has 6 rings (SSSR count). The van der Waals surface area contributed by atoms with Crippen LogP contribution in [-0.2, 0) is 11.2 Å². The number of carbonyl (C=O) groups excluding carboxylic acids is 1. The van der Waals surface area contributed by atoms with Crippen LogP contribution in [0.3, 0.4) is 0 Å². The molecule has 4 aliphatic carbocycles. The molecule has 0 radical (unpaired) electrons. The Kier molecular flexibility index (Phi) is 6.43. The number of hydrogen-bond acceptors (Lipinski definition) is 5. The molecule has 0 amide bonds. The molecule has 1 heterocycles. The number of aromatic nitrogens is 2. The van der Waals surface area contributed by atoms with Crippen LogP contribution in [0.25, 0.3) is 0 Å². The summed E-state index contributed by atoms with van der Waals surface area (Å²) in [6.07, 6.45) is 16.2. The van der Waals surface area contributed by atoms with E-state index in [0.717, 1.165) is 35.4 Å². The molecule has 33 heavy (non-hydrogen) atoms. The minimum absolute atomic E-state index is 0. The Morgan fingerprint density at radius 1 is 1.09 bits per heavy atom. The monoisotopic (exact) mass is 447 g/mol. The molecule has 4 aliphatic rings. The van der Waals surface area contributed by atoms with Crippen LogP contribution in [0.4, 0.5) is 5.69 Å². The maximum Gasteiger partial charge on any atom is 0.338 e. The molecular weight excluding hydrogens is 410 g/mol. The topological polar surface area (TPSA) is 64.4 Å². The normalized spacial score (nSPS) is 28.0. The third-order valence-corrected chi connectivity index (χ3v) is 7.38. The van der Waals surface area contributed by atoms with Gasteiger partial charge in [-0.1, -0.05) is 13.5 Å². The fourth-order valence-electron chi connectivity index (χ4n) is 6.73. The van der Waals surface area contributed by atoms with E-state index in [1.807, 2.05) is 32.9 Å². The molecule has 5 heteroatoms. The van der Waals surface area contributed by atoms with Crippen molar-refractivity contribution in [1.82, 2.24) is 9.97 Å². The van der Waals surface area contributed by atoms with E-state index < -0.39 is 5.60 Å². The van der Waals surface area contributed by atoms with Crippen LogP contribution in [-0.4, -0.2) is 27.8 Å². The smallest absolute Gasteiger partial charge is 0.338 e. The minimum atomic E-state index is -0.528. The number of aliphatic imine (C=N–C) groups is 1. The molecule has 2 aromatic rings. The Bertz CT molecular complexity index is 988. The number of carbonyl (C=O) groups is 1. The lowest BCUT2D eigenvalue weighted by molar-refractivity contribution is -0.0521. The average Bonchev–Trinajstić information content (AvgIpc) is 2.71. The summed E-state index contributed by atoms with van der Waals surface area (Å²) in [6.45, 7) is 5.67. The van der Waals surface area contributed by atoms with Crippen LogP contribution in [0, 0.1) is 23.2 Å². The number of rotatable bonds is 5. The first-order valence-electron chi connectivity index (χ1n) is 11.9. The van der Waals surface area contributed by atoms with Crippen molar-refractivity contribution in [2.75, 3.05) is 0 Å². The molecule has 0 spiro atoms. The van der Waals surface area contributed by atoms with E-state index in [1.54, 1.807) is 18.6 Å². The van der Waals surface area contributed by atoms with Crippen molar-refractivity contribution >= 4 is 17.9 Å². The zero-order chi connectivity index (χ0) is 22.3. The second kappa shape index (κ2) is 9.00. The number of nitrogens with zero attached hydrogens (tertiary/aromatic N) is 3. The maximum atomic E-state index is 12.7. The second-order valence-electron chi connectivity index (χ2n) is 11.4. The van der Waals surface area contributed by atoms with Gasteiger partial charge in [-0.25, -0.2) is 14.8 Å². The van der Waals surface area contributed by atoms with Crippen molar-refractivity contribution in [1.29, 1.82) is 0 Å². The summed E-state index contributed by atoms with van der Waals surface area (Å²) in [5.74, 6) is 2.43. The van der Waals surface area contributed by atoms with Crippen LogP contribution in [0.1, 0.15) is 88.2 Å². The van der Waals surface area contributed by atoms with Gasteiger partial charge in [0.2, 0.25) is 0 Å². The zero-order valence-corrected chi connectivity index (χ0v) is 19.4. The number of benzene rings is 1. The highest BCUT2D eigenvalue weighted by Gasteiger charge is 2.50. The van der Waals surface area contributed by atoms with Crippen molar-refractivity contribution in [2.24, 2.45) is 28.2 Å². The third-order valence-electron chi connectivity index (χ3n) is 7.38. The predicted molar refractivity (Wildman–Crippen MR) is 132 cm³/mol. The van der Waals surface area contributed by atoms with E-state index in [2.05, 4.69) is 16.0 Å². The largest absolute Gasteiger partial charge is 0.456 e. The van der Waals surface area contributed by atoms with Crippen molar-refractivity contribution < 1.29 is 9.53 Å². The summed E-state index contributed by atoms with van der Waals surface area (Å²) in [5.41, 5.74) is 3.35. The highest BCUT2D eigenvalue weighted by Crippen LogP contribution is 2.61. The van der Waals surface area contributed by atoms with Crippen molar-refractivity contribution in [3.05, 3.63) is 53.6 Å². The molecule has 176 valence electrons. The summed E-state index contributed by atoms with van der Waals surface area (Å²) in [7, 11) is 0. The Morgan fingerprint density at radius 3 is 2.27 bits per heavy atom. The molecule has 4 bridgehead atoms. The van der Waals surface area contributed by atoms with E-state index in [-0.39, 0.29) is 13.4 Å². The van der Waals surface area contributed by atoms with Gasteiger partial charge in [-0.15, -0.1) is 0 Å². The molecule has 5 nitrogen and oxygen atoms in total. The number of esters is 1. The lowest BCUT2D eigenvalue weighted by Crippen LogP contribution is -2.47. The summed E-state index contributed by atoms with van der Waals surface area (Å²) >= 11 is 0. The first kappa shape index (κ1) is 23.6. The lowest BCUT2D eigenvalue weighted by Gasteiger charge is -2.57. The summed E-state index contributed by atoms with van der Waals surface area (Å²) in [6, 6.07) is 5.91. The summed E-state index contributed by atoms with van der Waals surface area (Å²) in [5, 5.41) is 0. The average molecular weight is 448 g/mol. The van der Waals surface area contributed by atoms with Crippen LogP contribution in [0.5, 0.6) is 0 Å². The minimum Gasteiger partial charge on any atom is -0.456 e.